The van der Waals surface area contributed by atoms with Crippen LogP contribution in [0.4, 0.5) is 0 Å². The zero-order valence-corrected chi connectivity index (χ0v) is 13.3. The molecule has 3 unspecified atom stereocenters. The van der Waals surface area contributed by atoms with Crippen molar-refractivity contribution in [1.29, 1.82) is 0 Å². The second-order valence-electron chi connectivity index (χ2n) is 6.67. The number of carbonyl (C=O) groups is 1. The van der Waals surface area contributed by atoms with Crippen LogP contribution in [0.2, 0.25) is 0 Å². The number of carbonyl (C=O) groups excluding carboxylic acids is 1. The zero-order chi connectivity index (χ0) is 15.2. The van der Waals surface area contributed by atoms with Crippen molar-refractivity contribution in [2.24, 2.45) is 23.5 Å². The molecule has 0 spiro atoms. The Morgan fingerprint density at radius 2 is 1.95 bits per heavy atom. The molecule has 3 atom stereocenters. The van der Waals surface area contributed by atoms with Gasteiger partial charge in [0.1, 0.15) is 0 Å². The summed E-state index contributed by atoms with van der Waals surface area (Å²) in [6, 6.07) is 0.363. The standard InChI is InChI=1S/C16H30N2O3/c1-11(10-21-7-6-20-2)18-16(19)14-8-12-4-3-5-13(9-14)15(12)17/h11-15H,3-10,17H2,1-2H3,(H,18,19). The summed E-state index contributed by atoms with van der Waals surface area (Å²) in [7, 11) is 1.65. The smallest absolute Gasteiger partial charge is 0.223 e. The summed E-state index contributed by atoms with van der Waals surface area (Å²) < 4.78 is 10.4. The fourth-order valence-electron chi connectivity index (χ4n) is 3.81. The number of fused-ring (bicyclic) bond motifs is 2. The normalized spacial score (nSPS) is 33.5. The minimum absolute atomic E-state index is 0.0461. The minimum atomic E-state index is 0.0461. The van der Waals surface area contributed by atoms with Gasteiger partial charge in [0.2, 0.25) is 5.91 Å². The highest BCUT2D eigenvalue weighted by Crippen LogP contribution is 2.41. The SMILES string of the molecule is COCCOCC(C)NC(=O)C1CC2CCCC(C1)C2N. The molecule has 5 heteroatoms. The fraction of sp³-hybridized carbons (Fsp3) is 0.938. The molecule has 0 heterocycles. The molecule has 5 nitrogen and oxygen atoms in total. The second kappa shape index (κ2) is 8.11. The van der Waals surface area contributed by atoms with E-state index in [4.69, 9.17) is 15.2 Å². The number of hydrogen-bond acceptors (Lipinski definition) is 4. The van der Waals surface area contributed by atoms with Crippen molar-refractivity contribution in [3.63, 3.8) is 0 Å². The zero-order valence-electron chi connectivity index (χ0n) is 13.3. The van der Waals surface area contributed by atoms with E-state index in [-0.39, 0.29) is 17.9 Å². The van der Waals surface area contributed by atoms with Crippen molar-refractivity contribution in [2.75, 3.05) is 26.9 Å². The number of amides is 1. The molecule has 0 saturated heterocycles. The summed E-state index contributed by atoms with van der Waals surface area (Å²) in [6.07, 6.45) is 5.58. The van der Waals surface area contributed by atoms with E-state index in [1.165, 1.54) is 19.3 Å². The minimum Gasteiger partial charge on any atom is -0.382 e. The van der Waals surface area contributed by atoms with Gasteiger partial charge >= 0.3 is 0 Å². The molecular formula is C16H30N2O3. The Hall–Kier alpha value is -0.650. The van der Waals surface area contributed by atoms with Crippen molar-refractivity contribution >= 4 is 5.91 Å². The van der Waals surface area contributed by atoms with Crippen LogP contribution >= 0.6 is 0 Å². The van der Waals surface area contributed by atoms with Gasteiger partial charge in [-0.25, -0.2) is 0 Å². The average Bonchev–Trinajstić information content (AvgIpc) is 2.43. The molecule has 0 radical (unpaired) electrons. The molecule has 21 heavy (non-hydrogen) atoms. The van der Waals surface area contributed by atoms with Crippen LogP contribution in [0.5, 0.6) is 0 Å². The first-order valence-corrected chi connectivity index (χ1v) is 8.24. The van der Waals surface area contributed by atoms with Crippen LogP contribution in [0, 0.1) is 17.8 Å². The number of rotatable bonds is 7. The highest BCUT2D eigenvalue weighted by atomic mass is 16.5. The van der Waals surface area contributed by atoms with Gasteiger partial charge in [0.15, 0.2) is 0 Å². The van der Waals surface area contributed by atoms with E-state index < -0.39 is 0 Å². The fourth-order valence-corrected chi connectivity index (χ4v) is 3.81. The third-order valence-electron chi connectivity index (χ3n) is 4.97. The number of ether oxygens (including phenoxy) is 2. The van der Waals surface area contributed by atoms with Crippen LogP contribution in [-0.4, -0.2) is 44.9 Å². The highest BCUT2D eigenvalue weighted by Gasteiger charge is 2.40. The maximum absolute atomic E-state index is 12.4. The molecule has 2 aliphatic rings. The first kappa shape index (κ1) is 16.7. The Morgan fingerprint density at radius 3 is 2.57 bits per heavy atom. The van der Waals surface area contributed by atoms with Crippen molar-refractivity contribution in [1.82, 2.24) is 5.32 Å². The summed E-state index contributed by atoms with van der Waals surface area (Å²) in [4.78, 5) is 12.4. The highest BCUT2D eigenvalue weighted by molar-refractivity contribution is 5.79. The van der Waals surface area contributed by atoms with E-state index in [1.807, 2.05) is 6.92 Å². The van der Waals surface area contributed by atoms with Gasteiger partial charge in [-0.05, 0) is 44.4 Å². The van der Waals surface area contributed by atoms with Crippen molar-refractivity contribution in [3.05, 3.63) is 0 Å². The lowest BCUT2D eigenvalue weighted by atomic mass is 9.65. The van der Waals surface area contributed by atoms with Gasteiger partial charge in [-0.3, -0.25) is 4.79 Å². The molecule has 3 N–H and O–H groups in total. The quantitative estimate of drug-likeness (QED) is 0.695. The molecular weight excluding hydrogens is 268 g/mol. The summed E-state index contributed by atoms with van der Waals surface area (Å²) in [5, 5.41) is 3.09. The first-order chi connectivity index (χ1) is 10.1. The third-order valence-corrected chi connectivity index (χ3v) is 4.97. The van der Waals surface area contributed by atoms with Crippen LogP contribution in [0.3, 0.4) is 0 Å². The molecule has 2 saturated carbocycles. The molecule has 2 aliphatic carbocycles. The molecule has 2 bridgehead atoms. The molecule has 1 amide bonds. The van der Waals surface area contributed by atoms with Crippen LogP contribution in [0.1, 0.15) is 39.0 Å². The lowest BCUT2D eigenvalue weighted by Crippen LogP contribution is -2.50. The molecule has 0 aromatic rings. The Labute approximate surface area is 127 Å². The first-order valence-electron chi connectivity index (χ1n) is 8.24. The van der Waals surface area contributed by atoms with E-state index in [9.17, 15) is 4.79 Å². The van der Waals surface area contributed by atoms with E-state index in [2.05, 4.69) is 5.32 Å². The van der Waals surface area contributed by atoms with Crippen LogP contribution in [0.15, 0.2) is 0 Å². The molecule has 2 fully saturated rings. The number of methoxy groups -OCH3 is 1. The summed E-state index contributed by atoms with van der Waals surface area (Å²) in [5.41, 5.74) is 6.28. The predicted octanol–water partition coefficient (Wildman–Crippen LogP) is 1.31. The van der Waals surface area contributed by atoms with Gasteiger partial charge < -0.3 is 20.5 Å². The average molecular weight is 298 g/mol. The van der Waals surface area contributed by atoms with Crippen molar-refractivity contribution in [2.45, 2.75) is 51.1 Å². The van der Waals surface area contributed by atoms with Gasteiger partial charge in [0, 0.05) is 25.1 Å². The monoisotopic (exact) mass is 298 g/mol. The van der Waals surface area contributed by atoms with E-state index in [0.29, 0.717) is 37.7 Å². The van der Waals surface area contributed by atoms with Gasteiger partial charge in [0.05, 0.1) is 19.8 Å². The largest absolute Gasteiger partial charge is 0.382 e. The van der Waals surface area contributed by atoms with Crippen LogP contribution in [0.25, 0.3) is 0 Å². The second-order valence-corrected chi connectivity index (χ2v) is 6.67. The summed E-state index contributed by atoms with van der Waals surface area (Å²) in [5.74, 6) is 1.41. The maximum atomic E-state index is 12.4. The van der Waals surface area contributed by atoms with E-state index >= 15 is 0 Å². The predicted molar refractivity (Wildman–Crippen MR) is 81.8 cm³/mol. The van der Waals surface area contributed by atoms with E-state index in [0.717, 1.165) is 12.8 Å². The van der Waals surface area contributed by atoms with E-state index in [1.54, 1.807) is 7.11 Å². The van der Waals surface area contributed by atoms with Gasteiger partial charge in [-0.2, -0.15) is 0 Å². The topological polar surface area (TPSA) is 73.6 Å². The van der Waals surface area contributed by atoms with Crippen molar-refractivity contribution in [3.8, 4) is 0 Å². The lowest BCUT2D eigenvalue weighted by molar-refractivity contribution is -0.129. The van der Waals surface area contributed by atoms with Crippen molar-refractivity contribution < 1.29 is 14.3 Å². The number of nitrogens with two attached hydrogens (primary N) is 1. The molecule has 122 valence electrons. The maximum Gasteiger partial charge on any atom is 0.223 e. The third kappa shape index (κ3) is 4.66. The Morgan fingerprint density at radius 1 is 1.29 bits per heavy atom. The Bertz CT molecular complexity index is 323. The van der Waals surface area contributed by atoms with Gasteiger partial charge in [0.25, 0.3) is 0 Å². The Kier molecular flexibility index (Phi) is 6.45. The summed E-state index contributed by atoms with van der Waals surface area (Å²) >= 11 is 0. The number of nitrogens with one attached hydrogen (secondary N) is 1. The molecule has 0 aromatic carbocycles. The van der Waals surface area contributed by atoms with Gasteiger partial charge in [-0.15, -0.1) is 0 Å². The lowest BCUT2D eigenvalue weighted by Gasteiger charge is -2.43. The molecule has 0 aromatic heterocycles. The molecule has 2 rings (SSSR count). The van der Waals surface area contributed by atoms with Gasteiger partial charge in [-0.1, -0.05) is 6.42 Å². The van der Waals surface area contributed by atoms with Crippen LogP contribution in [-0.2, 0) is 14.3 Å². The number of hydrogen-bond donors (Lipinski definition) is 2. The van der Waals surface area contributed by atoms with Crippen LogP contribution < -0.4 is 11.1 Å². The summed E-state index contributed by atoms with van der Waals surface area (Å²) in [6.45, 7) is 3.68. The Balaban J connectivity index is 1.73. The molecule has 0 aliphatic heterocycles.